The van der Waals surface area contributed by atoms with Crippen molar-refractivity contribution in [2.45, 2.75) is 38.5 Å². The molecule has 0 saturated carbocycles. The summed E-state index contributed by atoms with van der Waals surface area (Å²) in [6.07, 6.45) is 1.42. The van der Waals surface area contributed by atoms with Gasteiger partial charge in [-0.1, -0.05) is 18.7 Å². The molecule has 0 bridgehead atoms. The maximum absolute atomic E-state index is 4.02. The number of rotatable bonds is 5. The summed E-state index contributed by atoms with van der Waals surface area (Å²) in [7, 11) is -0.953. The van der Waals surface area contributed by atoms with Gasteiger partial charge in [0.1, 0.15) is 0 Å². The van der Waals surface area contributed by atoms with E-state index in [0.717, 1.165) is 0 Å². The fraction of sp³-hybridized carbons (Fsp3) is 0.818. The van der Waals surface area contributed by atoms with E-state index in [1.807, 2.05) is 0 Å². The van der Waals surface area contributed by atoms with Crippen molar-refractivity contribution in [1.29, 1.82) is 0 Å². The summed E-state index contributed by atoms with van der Waals surface area (Å²) in [5.41, 5.74) is 1.38. The minimum Gasteiger partial charge on any atom is -0.304 e. The summed E-state index contributed by atoms with van der Waals surface area (Å²) in [5, 5.41) is 0. The van der Waals surface area contributed by atoms with Crippen LogP contribution in [0.15, 0.2) is 12.2 Å². The Hall–Kier alpha value is -0.0831. The molecule has 1 fully saturated rings. The topological polar surface area (TPSA) is 3.24 Å². The smallest absolute Gasteiger partial charge is 0.0526 e. The monoisotopic (exact) mass is 197 g/mol. The first-order chi connectivity index (χ1) is 5.99. The van der Waals surface area contributed by atoms with Crippen molar-refractivity contribution in [3.8, 4) is 0 Å². The highest BCUT2D eigenvalue weighted by Crippen LogP contribution is 2.21. The van der Waals surface area contributed by atoms with E-state index in [0.29, 0.717) is 0 Å². The van der Waals surface area contributed by atoms with Crippen molar-refractivity contribution in [2.24, 2.45) is 0 Å². The van der Waals surface area contributed by atoms with Crippen molar-refractivity contribution in [3.63, 3.8) is 0 Å². The Kier molecular flexibility index (Phi) is 3.74. The minimum absolute atomic E-state index is 0.953. The molecule has 0 N–H and O–H groups in total. The Morgan fingerprint density at radius 2 is 2.00 bits per heavy atom. The second-order valence-corrected chi connectivity index (χ2v) is 10.4. The molecule has 0 radical (unpaired) electrons. The Bertz CT molecular complexity index is 183. The Morgan fingerprint density at radius 3 is 2.38 bits per heavy atom. The van der Waals surface area contributed by atoms with Gasteiger partial charge in [-0.2, -0.15) is 0 Å². The lowest BCUT2D eigenvalue weighted by Gasteiger charge is -2.33. The average molecular weight is 197 g/mol. The molecule has 0 unspecified atom stereocenters. The lowest BCUT2D eigenvalue weighted by molar-refractivity contribution is 0.191. The lowest BCUT2D eigenvalue weighted by Crippen LogP contribution is -2.41. The largest absolute Gasteiger partial charge is 0.304 e. The van der Waals surface area contributed by atoms with Crippen molar-refractivity contribution < 1.29 is 0 Å². The third-order valence-corrected chi connectivity index (χ3v) is 5.97. The number of allylic oxidation sites excluding steroid dienone is 1. The highest BCUT2D eigenvalue weighted by atomic mass is 28.3. The molecule has 1 aliphatic rings. The van der Waals surface area contributed by atoms with Gasteiger partial charge in [-0.15, -0.1) is 6.58 Å². The van der Waals surface area contributed by atoms with Gasteiger partial charge in [0, 0.05) is 0 Å². The second-order valence-electron chi connectivity index (χ2n) is 5.24. The summed E-state index contributed by atoms with van der Waals surface area (Å²) >= 11 is 0. The van der Waals surface area contributed by atoms with Gasteiger partial charge in [-0.25, -0.2) is 0 Å². The van der Waals surface area contributed by atoms with Crippen LogP contribution in [0.25, 0.3) is 0 Å². The summed E-state index contributed by atoms with van der Waals surface area (Å²) in [6, 6.07) is 2.75. The fourth-order valence-corrected chi connectivity index (χ4v) is 4.70. The molecular formula is C11H23NSi. The predicted octanol–water partition coefficient (Wildman–Crippen LogP) is 2.98. The molecule has 1 nitrogen and oxygen atoms in total. The summed E-state index contributed by atoms with van der Waals surface area (Å²) in [5.74, 6) is 0. The van der Waals surface area contributed by atoms with Crippen LogP contribution in [0.5, 0.6) is 0 Å². The van der Waals surface area contributed by atoms with Crippen LogP contribution in [-0.4, -0.2) is 32.6 Å². The van der Waals surface area contributed by atoms with Crippen LogP contribution in [0, 0.1) is 0 Å². The van der Waals surface area contributed by atoms with E-state index in [9.17, 15) is 0 Å². The molecule has 76 valence electrons. The molecular weight excluding hydrogens is 174 g/mol. The molecule has 1 rings (SSSR count). The van der Waals surface area contributed by atoms with Crippen LogP contribution in [0.4, 0.5) is 0 Å². The molecule has 0 aromatic heterocycles. The quantitative estimate of drug-likeness (QED) is 0.484. The summed E-state index contributed by atoms with van der Waals surface area (Å²) in [6.45, 7) is 15.2. The van der Waals surface area contributed by atoms with Gasteiger partial charge in [0.05, 0.1) is 8.07 Å². The molecule has 0 aromatic carbocycles. The molecule has 13 heavy (non-hydrogen) atoms. The Morgan fingerprint density at radius 1 is 1.38 bits per heavy atom. The van der Waals surface area contributed by atoms with Gasteiger partial charge < -0.3 is 4.90 Å². The molecule has 2 heteroatoms. The zero-order valence-electron chi connectivity index (χ0n) is 9.40. The number of likely N-dealkylation sites (tertiary alicyclic amines) is 1. The zero-order chi connectivity index (χ0) is 9.90. The van der Waals surface area contributed by atoms with Crippen molar-refractivity contribution in [1.82, 2.24) is 4.90 Å². The standard InChI is InChI=1S/C11H23NSi/c1-11(2)10-13(3,4)9-8-12-6-5-7-12/h1,5-10H2,2-4H3. The third-order valence-electron chi connectivity index (χ3n) is 2.83. The van der Waals surface area contributed by atoms with E-state index in [4.69, 9.17) is 0 Å². The van der Waals surface area contributed by atoms with Crippen LogP contribution in [0.3, 0.4) is 0 Å². The van der Waals surface area contributed by atoms with Crippen LogP contribution in [-0.2, 0) is 0 Å². The van der Waals surface area contributed by atoms with Crippen LogP contribution < -0.4 is 0 Å². The molecule has 1 heterocycles. The van der Waals surface area contributed by atoms with Crippen LogP contribution in [0.1, 0.15) is 13.3 Å². The van der Waals surface area contributed by atoms with Crippen molar-refractivity contribution in [2.75, 3.05) is 19.6 Å². The maximum atomic E-state index is 4.02. The summed E-state index contributed by atoms with van der Waals surface area (Å²) in [4.78, 5) is 2.58. The van der Waals surface area contributed by atoms with E-state index in [1.54, 1.807) is 0 Å². The Balaban J connectivity index is 2.19. The second kappa shape index (κ2) is 4.42. The molecule has 1 aliphatic heterocycles. The van der Waals surface area contributed by atoms with E-state index in [-0.39, 0.29) is 0 Å². The van der Waals surface area contributed by atoms with Gasteiger partial charge in [0.15, 0.2) is 0 Å². The minimum atomic E-state index is -0.953. The number of nitrogens with zero attached hydrogens (tertiary/aromatic N) is 1. The van der Waals surface area contributed by atoms with E-state index < -0.39 is 8.07 Å². The molecule has 0 atom stereocenters. The predicted molar refractivity (Wildman–Crippen MR) is 63.0 cm³/mol. The van der Waals surface area contributed by atoms with Crippen LogP contribution >= 0.6 is 0 Å². The molecule has 0 aliphatic carbocycles. The number of hydrogen-bond acceptors (Lipinski definition) is 1. The zero-order valence-corrected chi connectivity index (χ0v) is 10.4. The highest BCUT2D eigenvalue weighted by Gasteiger charge is 2.23. The summed E-state index contributed by atoms with van der Waals surface area (Å²) < 4.78 is 0. The maximum Gasteiger partial charge on any atom is 0.0526 e. The fourth-order valence-electron chi connectivity index (χ4n) is 1.97. The Labute approximate surface area is 83.8 Å². The normalized spacial score (nSPS) is 18.4. The van der Waals surface area contributed by atoms with E-state index in [2.05, 4.69) is 31.5 Å². The van der Waals surface area contributed by atoms with Gasteiger partial charge >= 0.3 is 0 Å². The SMILES string of the molecule is C=C(C)C[Si](C)(C)CCN1CCC1. The molecule has 0 amide bonds. The third kappa shape index (κ3) is 4.10. The van der Waals surface area contributed by atoms with E-state index >= 15 is 0 Å². The molecule has 0 spiro atoms. The lowest BCUT2D eigenvalue weighted by atomic mass is 10.2. The van der Waals surface area contributed by atoms with Gasteiger partial charge in [-0.05, 0) is 45.1 Å². The van der Waals surface area contributed by atoms with Crippen molar-refractivity contribution >= 4 is 8.07 Å². The number of hydrogen-bond donors (Lipinski definition) is 0. The van der Waals surface area contributed by atoms with Crippen LogP contribution in [0.2, 0.25) is 25.2 Å². The van der Waals surface area contributed by atoms with Gasteiger partial charge in [0.2, 0.25) is 0 Å². The highest BCUT2D eigenvalue weighted by molar-refractivity contribution is 6.78. The van der Waals surface area contributed by atoms with Gasteiger partial charge in [0.25, 0.3) is 0 Å². The first-order valence-electron chi connectivity index (χ1n) is 5.36. The first kappa shape index (κ1) is 11.0. The first-order valence-corrected chi connectivity index (χ1v) is 8.78. The van der Waals surface area contributed by atoms with Gasteiger partial charge in [-0.3, -0.25) is 0 Å². The average Bonchev–Trinajstić information content (AvgIpc) is 1.79. The van der Waals surface area contributed by atoms with Crippen molar-refractivity contribution in [3.05, 3.63) is 12.2 Å². The molecule has 0 aromatic rings. The van der Waals surface area contributed by atoms with E-state index in [1.165, 1.54) is 43.7 Å². The molecule has 1 saturated heterocycles.